The first kappa shape index (κ1) is 25.6. The number of pyridine rings is 2. The molecule has 4 N–H and O–H groups in total. The highest BCUT2D eigenvalue weighted by atomic mass is 35.5. The summed E-state index contributed by atoms with van der Waals surface area (Å²) in [7, 11) is 0. The minimum atomic E-state index is -0.234. The molecule has 0 aliphatic heterocycles. The Morgan fingerprint density at radius 1 is 1.00 bits per heavy atom. The number of Topliss-reactive ketones (excluding diaryl/α,β-unsaturated/α-hetero) is 1. The van der Waals surface area contributed by atoms with Crippen LogP contribution in [0.4, 0.5) is 5.82 Å². The number of nitrogen functional groups attached to an aromatic ring is 1. The minimum Gasteiger partial charge on any atom is -0.383 e. The predicted molar refractivity (Wildman–Crippen MR) is 153 cm³/mol. The molecule has 0 amide bonds. The summed E-state index contributed by atoms with van der Waals surface area (Å²) in [5.74, 6) is 1.21. The van der Waals surface area contributed by atoms with Gasteiger partial charge >= 0.3 is 0 Å². The fraction of sp³-hybridized carbons (Fsp3) is 0.200. The Kier molecular flexibility index (Phi) is 6.73. The molecule has 38 heavy (non-hydrogen) atoms. The van der Waals surface area contributed by atoms with Gasteiger partial charge in [-0.1, -0.05) is 30.3 Å². The van der Waals surface area contributed by atoms with Crippen molar-refractivity contribution < 1.29 is 4.79 Å². The van der Waals surface area contributed by atoms with Gasteiger partial charge in [0.2, 0.25) is 0 Å². The first-order valence-electron chi connectivity index (χ1n) is 12.5. The second kappa shape index (κ2) is 10.0. The molecule has 1 fully saturated rings. The highest BCUT2D eigenvalue weighted by Gasteiger charge is 2.34. The Labute approximate surface area is 227 Å². The van der Waals surface area contributed by atoms with Crippen LogP contribution in [0.3, 0.4) is 0 Å². The Morgan fingerprint density at radius 2 is 1.79 bits per heavy atom. The van der Waals surface area contributed by atoms with Crippen LogP contribution in [0.15, 0.2) is 79.0 Å². The molecule has 0 radical (unpaired) electrons. The molecule has 1 aliphatic rings. The Morgan fingerprint density at radius 3 is 2.47 bits per heavy atom. The molecule has 1 aliphatic carbocycles. The lowest BCUT2D eigenvalue weighted by Crippen LogP contribution is -2.43. The number of rotatable bonds is 6. The Bertz CT molecular complexity index is 1640. The number of hydrogen-bond acceptors (Lipinski definition) is 6. The van der Waals surface area contributed by atoms with E-state index < -0.39 is 0 Å². The number of aromatic nitrogens is 4. The topological polar surface area (TPSA) is 113 Å². The molecule has 192 valence electrons. The van der Waals surface area contributed by atoms with E-state index in [1.807, 2.05) is 53.1 Å². The van der Waals surface area contributed by atoms with E-state index in [-0.39, 0.29) is 23.7 Å². The summed E-state index contributed by atoms with van der Waals surface area (Å²) in [6.45, 7) is 1.60. The largest absolute Gasteiger partial charge is 0.383 e. The summed E-state index contributed by atoms with van der Waals surface area (Å²) in [4.78, 5) is 25.9. The van der Waals surface area contributed by atoms with Crippen LogP contribution < -0.4 is 11.5 Å². The Hall–Kier alpha value is -4.07. The maximum absolute atomic E-state index is 11.7. The first-order valence-corrected chi connectivity index (χ1v) is 12.5. The van der Waals surface area contributed by atoms with Crippen LogP contribution in [0.25, 0.3) is 39.5 Å². The van der Waals surface area contributed by atoms with E-state index >= 15 is 0 Å². The third-order valence-electron chi connectivity index (χ3n) is 7.21. The summed E-state index contributed by atoms with van der Waals surface area (Å²) in [6, 6.07) is 24.0. The van der Waals surface area contributed by atoms with Crippen molar-refractivity contribution in [1.82, 2.24) is 19.5 Å². The van der Waals surface area contributed by atoms with Crippen LogP contribution in [0, 0.1) is 0 Å². The summed E-state index contributed by atoms with van der Waals surface area (Å²) < 4.78 is 2.03. The zero-order valence-corrected chi connectivity index (χ0v) is 21.9. The van der Waals surface area contributed by atoms with E-state index in [1.165, 1.54) is 0 Å². The Balaban J connectivity index is 0.00000294. The standard InChI is InChI=1S/C30H28N6O.ClH/c1-19(37)17-20-5-2-6-21(18-20)25-12-13-26-29(34-25)36(28(35-26)24-7-3-16-33-27(24)31)23-10-8-22(9-11-23)30(32)14-4-15-30;/h2-3,5-13,16,18H,4,14-15,17,32H2,1H3,(H2,31,33);1H. The van der Waals surface area contributed by atoms with Gasteiger partial charge in [-0.25, -0.2) is 15.0 Å². The average Bonchev–Trinajstić information content (AvgIpc) is 3.26. The third-order valence-corrected chi connectivity index (χ3v) is 7.21. The van der Waals surface area contributed by atoms with Crippen LogP contribution in [-0.2, 0) is 16.8 Å². The van der Waals surface area contributed by atoms with Gasteiger partial charge in [-0.3, -0.25) is 9.36 Å². The van der Waals surface area contributed by atoms with E-state index in [1.54, 1.807) is 13.1 Å². The van der Waals surface area contributed by atoms with Crippen molar-refractivity contribution in [3.8, 4) is 28.3 Å². The molecule has 3 heterocycles. The molecule has 7 nitrogen and oxygen atoms in total. The number of carbonyl (C=O) groups excluding carboxylic acids is 1. The molecule has 0 atom stereocenters. The zero-order valence-electron chi connectivity index (χ0n) is 21.1. The molecule has 8 heteroatoms. The van der Waals surface area contributed by atoms with Gasteiger partial charge in [0, 0.05) is 29.4 Å². The lowest BCUT2D eigenvalue weighted by Gasteiger charge is -2.38. The molecule has 5 aromatic rings. The summed E-state index contributed by atoms with van der Waals surface area (Å²) in [5, 5.41) is 0. The van der Waals surface area contributed by atoms with Crippen LogP contribution in [0.5, 0.6) is 0 Å². The number of fused-ring (bicyclic) bond motifs is 1. The zero-order chi connectivity index (χ0) is 25.6. The van der Waals surface area contributed by atoms with Crippen molar-refractivity contribution in [2.75, 3.05) is 5.73 Å². The number of hydrogen-bond donors (Lipinski definition) is 2. The number of benzene rings is 2. The van der Waals surface area contributed by atoms with Crippen molar-refractivity contribution in [2.24, 2.45) is 5.73 Å². The van der Waals surface area contributed by atoms with E-state index in [9.17, 15) is 4.79 Å². The molecular weight excluding hydrogens is 496 g/mol. The number of imidazole rings is 1. The van der Waals surface area contributed by atoms with Gasteiger partial charge in [-0.2, -0.15) is 0 Å². The van der Waals surface area contributed by atoms with Crippen molar-refractivity contribution >= 4 is 35.2 Å². The molecule has 3 aromatic heterocycles. The average molecular weight is 525 g/mol. The first-order chi connectivity index (χ1) is 17.9. The second-order valence-electron chi connectivity index (χ2n) is 9.88. The van der Waals surface area contributed by atoms with Gasteiger partial charge in [0.1, 0.15) is 17.1 Å². The lowest BCUT2D eigenvalue weighted by atomic mass is 9.73. The van der Waals surface area contributed by atoms with Gasteiger partial charge in [-0.15, -0.1) is 12.4 Å². The fourth-order valence-electron chi connectivity index (χ4n) is 5.07. The molecule has 0 saturated heterocycles. The molecule has 1 saturated carbocycles. The summed E-state index contributed by atoms with van der Waals surface area (Å²) in [6.07, 6.45) is 5.24. The van der Waals surface area contributed by atoms with Gasteiger partial charge in [-0.05, 0) is 79.8 Å². The quantitative estimate of drug-likeness (QED) is 0.298. The highest BCUT2D eigenvalue weighted by Crippen LogP contribution is 2.39. The SMILES string of the molecule is CC(=O)Cc1cccc(-c2ccc3nc(-c4cccnc4N)n(-c4ccc(C5(N)CCC5)cc4)c3n2)c1.Cl. The van der Waals surface area contributed by atoms with E-state index in [4.69, 9.17) is 21.4 Å². The smallest absolute Gasteiger partial charge is 0.165 e. The minimum absolute atomic E-state index is 0. The third kappa shape index (κ3) is 4.55. The predicted octanol–water partition coefficient (Wildman–Crippen LogP) is 5.62. The monoisotopic (exact) mass is 524 g/mol. The van der Waals surface area contributed by atoms with Crippen molar-refractivity contribution in [3.63, 3.8) is 0 Å². The van der Waals surface area contributed by atoms with Gasteiger partial charge in [0.15, 0.2) is 11.5 Å². The molecule has 0 spiro atoms. The molecule has 6 rings (SSSR count). The number of anilines is 1. The van der Waals surface area contributed by atoms with Gasteiger partial charge in [0.25, 0.3) is 0 Å². The van der Waals surface area contributed by atoms with E-state index in [0.717, 1.165) is 58.4 Å². The summed E-state index contributed by atoms with van der Waals surface area (Å²) in [5.41, 5.74) is 19.6. The van der Waals surface area contributed by atoms with Crippen molar-refractivity contribution in [3.05, 3.63) is 90.1 Å². The van der Waals surface area contributed by atoms with Crippen LogP contribution in [-0.4, -0.2) is 25.3 Å². The number of nitrogens with zero attached hydrogens (tertiary/aromatic N) is 4. The highest BCUT2D eigenvalue weighted by molar-refractivity contribution is 5.86. The fourth-order valence-corrected chi connectivity index (χ4v) is 5.07. The van der Waals surface area contributed by atoms with E-state index in [2.05, 4.69) is 29.2 Å². The number of ketones is 1. The lowest BCUT2D eigenvalue weighted by molar-refractivity contribution is -0.116. The maximum Gasteiger partial charge on any atom is 0.165 e. The number of nitrogens with two attached hydrogens (primary N) is 2. The van der Waals surface area contributed by atoms with E-state index in [0.29, 0.717) is 23.7 Å². The van der Waals surface area contributed by atoms with Gasteiger partial charge < -0.3 is 11.5 Å². The van der Waals surface area contributed by atoms with Crippen LogP contribution in [0.2, 0.25) is 0 Å². The molecular formula is C30H29ClN6O. The number of halogens is 1. The normalized spacial score (nSPS) is 14.1. The molecule has 0 bridgehead atoms. The van der Waals surface area contributed by atoms with Gasteiger partial charge in [0.05, 0.1) is 11.3 Å². The molecule has 0 unspecified atom stereocenters. The van der Waals surface area contributed by atoms with Crippen molar-refractivity contribution in [2.45, 2.75) is 38.1 Å². The molecule has 2 aromatic carbocycles. The number of carbonyl (C=O) groups is 1. The maximum atomic E-state index is 11.7. The van der Waals surface area contributed by atoms with Crippen LogP contribution >= 0.6 is 12.4 Å². The van der Waals surface area contributed by atoms with Crippen molar-refractivity contribution in [1.29, 1.82) is 0 Å². The second-order valence-corrected chi connectivity index (χ2v) is 9.88. The summed E-state index contributed by atoms with van der Waals surface area (Å²) >= 11 is 0. The van der Waals surface area contributed by atoms with Crippen LogP contribution in [0.1, 0.15) is 37.3 Å².